The number of piperazine rings is 1. The van der Waals surface area contributed by atoms with Gasteiger partial charge in [-0.3, -0.25) is 29.3 Å². The highest BCUT2D eigenvalue weighted by molar-refractivity contribution is 5.92. The third-order valence-electron chi connectivity index (χ3n) is 6.40. The van der Waals surface area contributed by atoms with E-state index in [1.807, 2.05) is 11.0 Å². The smallest absolute Gasteiger partial charge is 0.363 e. The van der Waals surface area contributed by atoms with E-state index in [1.54, 1.807) is 47.8 Å². The summed E-state index contributed by atoms with van der Waals surface area (Å²) in [5, 5.41) is 14.1. The minimum absolute atomic E-state index is 0.0118. The van der Waals surface area contributed by atoms with Crippen molar-refractivity contribution in [1.29, 1.82) is 0 Å². The fourth-order valence-electron chi connectivity index (χ4n) is 4.35. The molecular weight excluding hydrogens is 493 g/mol. The molecule has 1 fully saturated rings. The second kappa shape index (κ2) is 10.1. The van der Waals surface area contributed by atoms with Gasteiger partial charge in [-0.25, -0.2) is 4.68 Å². The third-order valence-corrected chi connectivity index (χ3v) is 6.40. The number of alkyl halides is 3. The Morgan fingerprint density at radius 3 is 2.32 bits per heavy atom. The fourth-order valence-corrected chi connectivity index (χ4v) is 4.35. The van der Waals surface area contributed by atoms with Crippen LogP contribution in [-0.4, -0.2) is 57.8 Å². The summed E-state index contributed by atoms with van der Waals surface area (Å²) in [5.74, 6) is -0.389. The number of hydrogen-bond acceptors (Lipinski definition) is 6. The molecule has 1 N–H and O–H groups in total. The zero-order valence-corrected chi connectivity index (χ0v) is 20.2. The lowest BCUT2D eigenvalue weighted by Crippen LogP contribution is -2.49. The number of carbonyl (C=O) groups excluding carboxylic acids is 1. The Bertz CT molecular complexity index is 1380. The van der Waals surface area contributed by atoms with Crippen molar-refractivity contribution < 1.29 is 22.9 Å². The van der Waals surface area contributed by atoms with Gasteiger partial charge in [0.2, 0.25) is 5.91 Å². The van der Waals surface area contributed by atoms with Crippen LogP contribution < -0.4 is 15.8 Å². The number of carbonyl (C=O) groups is 1. The van der Waals surface area contributed by atoms with Crippen molar-refractivity contribution in [3.8, 4) is 5.69 Å². The number of benzene rings is 2. The van der Waals surface area contributed by atoms with Crippen LogP contribution in [0.2, 0.25) is 0 Å². The molecule has 0 aliphatic carbocycles. The van der Waals surface area contributed by atoms with Gasteiger partial charge in [-0.15, -0.1) is 0 Å². The Morgan fingerprint density at radius 2 is 1.73 bits per heavy atom. The molecule has 0 spiro atoms. The summed E-state index contributed by atoms with van der Waals surface area (Å²) in [6.45, 7) is 2.99. The van der Waals surface area contributed by atoms with Crippen LogP contribution in [0.4, 0.5) is 30.2 Å². The number of halogens is 3. The summed E-state index contributed by atoms with van der Waals surface area (Å²) >= 11 is 0. The highest BCUT2D eigenvalue weighted by atomic mass is 19.4. The minimum atomic E-state index is -4.68. The molecule has 1 amide bonds. The highest BCUT2D eigenvalue weighted by Crippen LogP contribution is 2.36. The average molecular weight is 518 g/mol. The first-order valence-electron chi connectivity index (χ1n) is 11.4. The van der Waals surface area contributed by atoms with Crippen molar-refractivity contribution in [3.63, 3.8) is 0 Å². The first kappa shape index (κ1) is 25.9. The van der Waals surface area contributed by atoms with Crippen LogP contribution in [0.1, 0.15) is 11.3 Å². The lowest BCUT2D eigenvalue weighted by Gasteiger charge is -2.35. The van der Waals surface area contributed by atoms with Gasteiger partial charge in [0.15, 0.2) is 0 Å². The quantitative estimate of drug-likeness (QED) is 0.397. The number of aromatic nitrogens is 2. The van der Waals surface area contributed by atoms with Gasteiger partial charge in [-0.1, -0.05) is 18.2 Å². The van der Waals surface area contributed by atoms with E-state index in [-0.39, 0.29) is 42.5 Å². The first-order chi connectivity index (χ1) is 17.5. The molecule has 2 heterocycles. The van der Waals surface area contributed by atoms with E-state index in [0.29, 0.717) is 30.5 Å². The van der Waals surface area contributed by atoms with Crippen LogP contribution in [-0.2, 0) is 18.0 Å². The zero-order valence-electron chi connectivity index (χ0n) is 20.2. The normalized spacial score (nSPS) is 14.6. The molecule has 4 rings (SSSR count). The van der Waals surface area contributed by atoms with E-state index in [4.69, 9.17) is 0 Å². The predicted molar refractivity (Wildman–Crippen MR) is 131 cm³/mol. The summed E-state index contributed by atoms with van der Waals surface area (Å²) in [7, 11) is 1.72. The second-order valence-electron chi connectivity index (χ2n) is 8.71. The predicted octanol–water partition coefficient (Wildman–Crippen LogP) is 3.17. The average Bonchev–Trinajstić information content (AvgIpc) is 3.07. The number of anilines is 2. The third kappa shape index (κ3) is 5.35. The summed E-state index contributed by atoms with van der Waals surface area (Å²) in [5.41, 5.74) is -0.539. The van der Waals surface area contributed by atoms with Crippen molar-refractivity contribution >= 4 is 23.0 Å². The molecule has 2 aromatic carbocycles. The zero-order chi connectivity index (χ0) is 26.9. The molecule has 1 saturated heterocycles. The number of rotatable bonds is 6. The van der Waals surface area contributed by atoms with Crippen LogP contribution in [0.15, 0.2) is 53.3 Å². The van der Waals surface area contributed by atoms with Crippen LogP contribution in [0.3, 0.4) is 0 Å². The number of nitrogens with zero attached hydrogens (tertiary/aromatic N) is 5. The molecule has 1 aromatic heterocycles. The lowest BCUT2D eigenvalue weighted by atomic mass is 10.1. The summed E-state index contributed by atoms with van der Waals surface area (Å²) in [4.78, 5) is 39.8. The van der Waals surface area contributed by atoms with Crippen molar-refractivity contribution in [3.05, 3.63) is 80.3 Å². The summed E-state index contributed by atoms with van der Waals surface area (Å²) in [6.07, 6.45) is -4.68. The molecule has 0 radical (unpaired) electrons. The molecule has 0 unspecified atom stereocenters. The van der Waals surface area contributed by atoms with E-state index in [0.717, 1.165) is 12.1 Å². The largest absolute Gasteiger partial charge is 0.416 e. The van der Waals surface area contributed by atoms with Gasteiger partial charge in [0.25, 0.3) is 11.2 Å². The van der Waals surface area contributed by atoms with Crippen molar-refractivity contribution in [2.75, 3.05) is 42.9 Å². The standard InChI is InChI=1S/C24H25F3N6O4/c1-16-22(23(35)32(29(16)2)18-6-4-3-5-7-18)28-21(34)15-30-10-12-31(13-11-30)19-9-8-17(24(25,26)27)14-20(19)33(36)37/h3-9,14H,10-13,15H2,1-2H3,(H,28,34). The van der Waals surface area contributed by atoms with Crippen molar-refractivity contribution in [2.45, 2.75) is 13.1 Å². The molecule has 37 heavy (non-hydrogen) atoms. The molecule has 196 valence electrons. The molecular formula is C24H25F3N6O4. The number of para-hydroxylation sites is 1. The van der Waals surface area contributed by atoms with Gasteiger partial charge in [-0.2, -0.15) is 13.2 Å². The Labute approximate surface area is 209 Å². The Kier molecular flexibility index (Phi) is 7.07. The molecule has 1 aliphatic rings. The molecule has 0 atom stereocenters. The molecule has 0 saturated carbocycles. The van der Waals surface area contributed by atoms with Gasteiger partial charge in [0.1, 0.15) is 11.4 Å². The van der Waals surface area contributed by atoms with E-state index in [2.05, 4.69) is 5.32 Å². The number of amides is 1. The second-order valence-corrected chi connectivity index (χ2v) is 8.71. The molecule has 3 aromatic rings. The topological polar surface area (TPSA) is 106 Å². The monoisotopic (exact) mass is 518 g/mol. The van der Waals surface area contributed by atoms with Crippen LogP contribution in [0.25, 0.3) is 5.69 Å². The van der Waals surface area contributed by atoms with E-state index in [1.165, 1.54) is 4.68 Å². The lowest BCUT2D eigenvalue weighted by molar-refractivity contribution is -0.384. The number of hydrogen-bond donors (Lipinski definition) is 1. The minimum Gasteiger partial charge on any atom is -0.363 e. The van der Waals surface area contributed by atoms with Crippen LogP contribution >= 0.6 is 0 Å². The van der Waals surface area contributed by atoms with Gasteiger partial charge in [0, 0.05) is 39.3 Å². The number of nitrogens with one attached hydrogen (secondary N) is 1. The SMILES string of the molecule is Cc1c(NC(=O)CN2CCN(c3ccc(C(F)(F)F)cc3[N+](=O)[O-])CC2)c(=O)n(-c2ccccc2)n1C. The highest BCUT2D eigenvalue weighted by Gasteiger charge is 2.34. The van der Waals surface area contributed by atoms with Crippen LogP contribution in [0.5, 0.6) is 0 Å². The van der Waals surface area contributed by atoms with Crippen molar-refractivity contribution in [1.82, 2.24) is 14.3 Å². The summed E-state index contributed by atoms with van der Waals surface area (Å²) < 4.78 is 42.1. The van der Waals surface area contributed by atoms with Gasteiger partial charge in [0.05, 0.1) is 28.4 Å². The fraction of sp³-hybridized carbons (Fsp3) is 0.333. The van der Waals surface area contributed by atoms with Gasteiger partial charge in [-0.05, 0) is 31.2 Å². The van der Waals surface area contributed by atoms with Gasteiger partial charge < -0.3 is 10.2 Å². The Balaban J connectivity index is 1.41. The molecule has 0 bridgehead atoms. The molecule has 1 aliphatic heterocycles. The Morgan fingerprint density at radius 1 is 1.08 bits per heavy atom. The number of nitro groups is 1. The van der Waals surface area contributed by atoms with Crippen molar-refractivity contribution in [2.24, 2.45) is 7.05 Å². The Hall–Kier alpha value is -4.13. The summed E-state index contributed by atoms with van der Waals surface area (Å²) in [6, 6.07) is 11.5. The van der Waals surface area contributed by atoms with E-state index >= 15 is 0 Å². The maximum Gasteiger partial charge on any atom is 0.416 e. The molecule has 13 heteroatoms. The maximum atomic E-state index is 13.0. The first-order valence-corrected chi connectivity index (χ1v) is 11.4. The van der Waals surface area contributed by atoms with Crippen LogP contribution in [0, 0.1) is 17.0 Å². The maximum absolute atomic E-state index is 13.0. The number of nitro benzene ring substituents is 1. The van der Waals surface area contributed by atoms with E-state index in [9.17, 15) is 32.9 Å². The van der Waals surface area contributed by atoms with E-state index < -0.39 is 22.4 Å². The molecule has 10 nitrogen and oxygen atoms in total. The van der Waals surface area contributed by atoms with Gasteiger partial charge >= 0.3 is 6.18 Å².